The smallest absolute Gasteiger partial charge is 0.259 e. The zero-order valence-electron chi connectivity index (χ0n) is 11.2. The molecule has 8 heteroatoms. The molecule has 0 atom stereocenters. The van der Waals surface area contributed by atoms with Gasteiger partial charge in [0.1, 0.15) is 5.01 Å². The van der Waals surface area contributed by atoms with E-state index in [2.05, 4.69) is 27.1 Å². The maximum Gasteiger partial charge on any atom is 0.259 e. The fourth-order valence-corrected chi connectivity index (χ4v) is 2.78. The van der Waals surface area contributed by atoms with Crippen molar-refractivity contribution in [2.45, 2.75) is 12.7 Å². The van der Waals surface area contributed by atoms with E-state index in [1.807, 2.05) is 5.38 Å². The van der Waals surface area contributed by atoms with Gasteiger partial charge in [-0.3, -0.25) is 15.1 Å². The second-order valence-corrected chi connectivity index (χ2v) is 5.66. The summed E-state index contributed by atoms with van der Waals surface area (Å²) in [5.74, 6) is 7.56. The van der Waals surface area contributed by atoms with Crippen LogP contribution < -0.4 is 5.32 Å². The van der Waals surface area contributed by atoms with Crippen molar-refractivity contribution in [1.82, 2.24) is 10.3 Å². The third kappa shape index (κ3) is 7.76. The Morgan fingerprint density at radius 1 is 1.70 bits per heavy atom. The second kappa shape index (κ2) is 10.2. The van der Waals surface area contributed by atoms with E-state index in [4.69, 9.17) is 0 Å². The van der Waals surface area contributed by atoms with E-state index in [1.54, 1.807) is 36.2 Å². The van der Waals surface area contributed by atoms with Gasteiger partial charge in [-0.2, -0.15) is 11.8 Å². The molecule has 0 amide bonds. The molecule has 1 aromatic heterocycles. The summed E-state index contributed by atoms with van der Waals surface area (Å²) in [4.78, 5) is 18.5. The quantitative estimate of drug-likeness (QED) is 0.197. The first-order valence-electron chi connectivity index (χ1n) is 5.97. The average molecular weight is 312 g/mol. The highest BCUT2D eigenvalue weighted by atomic mass is 32.2. The fourth-order valence-electron chi connectivity index (χ4n) is 1.25. The van der Waals surface area contributed by atoms with Crippen molar-refractivity contribution in [1.29, 1.82) is 0 Å². The Bertz CT molecular complexity index is 491. The number of nitrogens with one attached hydrogen (secondary N) is 1. The van der Waals surface area contributed by atoms with Crippen LogP contribution in [0.2, 0.25) is 0 Å². The van der Waals surface area contributed by atoms with E-state index in [-0.39, 0.29) is 6.54 Å². The predicted molar refractivity (Wildman–Crippen MR) is 83.9 cm³/mol. The molecule has 1 rings (SSSR count). The molecule has 1 N–H and O–H groups in total. The largest absolute Gasteiger partial charge is 0.357 e. The minimum atomic E-state index is -0.395. The molecule has 1 aromatic rings. The van der Waals surface area contributed by atoms with Gasteiger partial charge >= 0.3 is 0 Å². The molecule has 0 aliphatic rings. The van der Waals surface area contributed by atoms with Gasteiger partial charge in [0, 0.05) is 28.0 Å². The third-order valence-corrected chi connectivity index (χ3v) is 3.99. The lowest BCUT2D eigenvalue weighted by atomic mass is 10.5. The molecule has 0 aliphatic heterocycles. The molecule has 108 valence electrons. The predicted octanol–water partition coefficient (Wildman–Crippen LogP) is 1.66. The molecule has 0 aliphatic carbocycles. The van der Waals surface area contributed by atoms with Crippen LogP contribution in [-0.2, 0) is 5.75 Å². The highest BCUT2D eigenvalue weighted by Gasteiger charge is 2.05. The normalized spacial score (nSPS) is 10.8. The summed E-state index contributed by atoms with van der Waals surface area (Å²) in [6.07, 6.45) is 1.78. The van der Waals surface area contributed by atoms with Gasteiger partial charge in [0.2, 0.25) is 0 Å². The number of thioether (sulfide) groups is 1. The molecule has 20 heavy (non-hydrogen) atoms. The van der Waals surface area contributed by atoms with Crippen LogP contribution in [-0.4, -0.2) is 41.1 Å². The number of aromatic nitrogens is 1. The van der Waals surface area contributed by atoms with Crippen LogP contribution in [0, 0.1) is 22.0 Å². The number of aliphatic imine (C=N–C) groups is 1. The number of hydrogen-bond acceptors (Lipinski definition) is 6. The van der Waals surface area contributed by atoms with Crippen molar-refractivity contribution >= 4 is 28.9 Å². The Morgan fingerprint density at radius 2 is 2.55 bits per heavy atom. The van der Waals surface area contributed by atoms with E-state index < -0.39 is 4.92 Å². The molecule has 0 saturated carbocycles. The van der Waals surface area contributed by atoms with Gasteiger partial charge < -0.3 is 5.32 Å². The lowest BCUT2D eigenvalue weighted by Crippen LogP contribution is -2.31. The summed E-state index contributed by atoms with van der Waals surface area (Å²) in [5, 5.41) is 16.4. The molecule has 0 unspecified atom stereocenters. The van der Waals surface area contributed by atoms with E-state index in [1.165, 1.54) is 0 Å². The number of thiazole rings is 1. The van der Waals surface area contributed by atoms with E-state index in [0.717, 1.165) is 16.5 Å². The third-order valence-electron chi connectivity index (χ3n) is 2.08. The molecule has 0 radical (unpaired) electrons. The van der Waals surface area contributed by atoms with Gasteiger partial charge in [0.15, 0.2) is 5.84 Å². The standard InChI is InChI=1S/C12H16N4O2S2/c1-2-3-4-13-11(9-16(17)18)14-5-7-19-10-12-15-6-8-20-12/h6,8H,4-5,7,9-10H2,1H3,(H,13,14). The molecule has 0 spiro atoms. The first-order chi connectivity index (χ1) is 9.72. The van der Waals surface area contributed by atoms with Gasteiger partial charge in [-0.25, -0.2) is 4.98 Å². The zero-order valence-corrected chi connectivity index (χ0v) is 12.8. The zero-order chi connectivity index (χ0) is 14.6. The molecule has 0 aromatic carbocycles. The van der Waals surface area contributed by atoms with Crippen molar-refractivity contribution in [3.8, 4) is 11.8 Å². The van der Waals surface area contributed by atoms with Crippen LogP contribution in [0.5, 0.6) is 0 Å². The number of nitro groups is 1. The molecular formula is C12H16N4O2S2. The maximum absolute atomic E-state index is 10.5. The summed E-state index contributed by atoms with van der Waals surface area (Å²) in [6, 6.07) is 0. The fraction of sp³-hybridized carbons (Fsp3) is 0.500. The monoisotopic (exact) mass is 312 g/mol. The average Bonchev–Trinajstić information content (AvgIpc) is 2.91. The highest BCUT2D eigenvalue weighted by molar-refractivity contribution is 7.98. The number of rotatable bonds is 8. The summed E-state index contributed by atoms with van der Waals surface area (Å²) in [5.41, 5.74) is 0. The van der Waals surface area contributed by atoms with Crippen LogP contribution in [0.1, 0.15) is 11.9 Å². The number of amidine groups is 1. The first-order valence-corrected chi connectivity index (χ1v) is 8.00. The van der Waals surface area contributed by atoms with E-state index in [9.17, 15) is 10.1 Å². The summed E-state index contributed by atoms with van der Waals surface area (Å²) >= 11 is 3.34. The number of nitrogens with zero attached hydrogens (tertiary/aromatic N) is 3. The van der Waals surface area contributed by atoms with E-state index >= 15 is 0 Å². The van der Waals surface area contributed by atoms with Gasteiger partial charge in [0.25, 0.3) is 6.54 Å². The van der Waals surface area contributed by atoms with E-state index in [0.29, 0.717) is 18.9 Å². The minimum Gasteiger partial charge on any atom is -0.357 e. The number of hydrogen-bond donors (Lipinski definition) is 1. The van der Waals surface area contributed by atoms with Crippen LogP contribution in [0.25, 0.3) is 0 Å². The Morgan fingerprint density at radius 3 is 3.20 bits per heavy atom. The first kappa shape index (κ1) is 16.5. The topological polar surface area (TPSA) is 80.4 Å². The molecule has 0 bridgehead atoms. The van der Waals surface area contributed by atoms with Gasteiger partial charge in [-0.05, 0) is 6.92 Å². The van der Waals surface area contributed by atoms with Crippen molar-refractivity contribution in [2.75, 3.05) is 25.4 Å². The van der Waals surface area contributed by atoms with Gasteiger partial charge in [0.05, 0.1) is 13.1 Å². The van der Waals surface area contributed by atoms with Gasteiger partial charge in [-0.15, -0.1) is 17.3 Å². The molecule has 0 fully saturated rings. The second-order valence-electron chi connectivity index (χ2n) is 3.58. The van der Waals surface area contributed by atoms with Gasteiger partial charge in [-0.1, -0.05) is 5.92 Å². The minimum absolute atomic E-state index is 0.289. The SMILES string of the molecule is CC#CCNC(C[N+](=O)[O-])=NCCSCc1nccs1. The van der Waals surface area contributed by atoms with Crippen LogP contribution in [0.4, 0.5) is 0 Å². The summed E-state index contributed by atoms with van der Waals surface area (Å²) in [6.45, 7) is 2.37. The Kier molecular flexibility index (Phi) is 8.42. The van der Waals surface area contributed by atoms with Crippen LogP contribution in [0.3, 0.4) is 0 Å². The lowest BCUT2D eigenvalue weighted by molar-refractivity contribution is -0.463. The Labute approximate surface area is 126 Å². The van der Waals surface area contributed by atoms with Crippen molar-refractivity contribution in [3.05, 3.63) is 26.7 Å². The van der Waals surface area contributed by atoms with Crippen LogP contribution >= 0.6 is 23.1 Å². The van der Waals surface area contributed by atoms with Crippen molar-refractivity contribution < 1.29 is 4.92 Å². The maximum atomic E-state index is 10.5. The lowest BCUT2D eigenvalue weighted by Gasteiger charge is -2.03. The highest BCUT2D eigenvalue weighted by Crippen LogP contribution is 2.13. The summed E-state index contributed by atoms with van der Waals surface area (Å²) < 4.78 is 0. The van der Waals surface area contributed by atoms with Crippen molar-refractivity contribution in [2.24, 2.45) is 4.99 Å². The molecular weight excluding hydrogens is 296 g/mol. The Hall–Kier alpha value is -1.59. The molecule has 1 heterocycles. The molecule has 6 nitrogen and oxygen atoms in total. The Balaban J connectivity index is 2.28. The van der Waals surface area contributed by atoms with Crippen molar-refractivity contribution in [3.63, 3.8) is 0 Å². The molecule has 0 saturated heterocycles. The van der Waals surface area contributed by atoms with Crippen LogP contribution in [0.15, 0.2) is 16.6 Å². The summed E-state index contributed by atoms with van der Waals surface area (Å²) in [7, 11) is 0.